The van der Waals surface area contributed by atoms with Crippen molar-refractivity contribution in [1.29, 1.82) is 0 Å². The maximum absolute atomic E-state index is 4.65. The monoisotopic (exact) mass is 270 g/mol. The molecule has 0 bridgehead atoms. The van der Waals surface area contributed by atoms with Crippen LogP contribution >= 0.6 is 22.7 Å². The van der Waals surface area contributed by atoms with Gasteiger partial charge in [-0.1, -0.05) is 34.8 Å². The molecule has 0 radical (unpaired) electrons. The molecule has 0 unspecified atom stereocenters. The van der Waals surface area contributed by atoms with Gasteiger partial charge in [0, 0.05) is 6.07 Å². The number of para-hydroxylation sites is 1. The Hall–Kier alpha value is -1.85. The van der Waals surface area contributed by atoms with Gasteiger partial charge in [-0.2, -0.15) is 4.57 Å². The van der Waals surface area contributed by atoms with E-state index in [-0.39, 0.29) is 0 Å². The molecule has 0 aliphatic carbocycles. The van der Waals surface area contributed by atoms with Crippen LogP contribution in [0, 0.1) is 0 Å². The van der Waals surface area contributed by atoms with Gasteiger partial charge in [0.15, 0.2) is 11.0 Å². The van der Waals surface area contributed by atoms with Crippen LogP contribution in [0.4, 0.5) is 0 Å². The molecule has 4 rings (SSSR count). The lowest BCUT2D eigenvalue weighted by molar-refractivity contribution is -0.566. The highest BCUT2D eigenvalue weighted by atomic mass is 32.1. The molecule has 3 aromatic heterocycles. The lowest BCUT2D eigenvalue weighted by Crippen LogP contribution is -2.29. The highest BCUT2D eigenvalue weighted by Gasteiger charge is 2.15. The van der Waals surface area contributed by atoms with E-state index in [0.717, 1.165) is 16.2 Å². The van der Waals surface area contributed by atoms with Crippen LogP contribution in [-0.2, 0) is 0 Å². The first kappa shape index (κ1) is 10.1. The van der Waals surface area contributed by atoms with Gasteiger partial charge in [0.1, 0.15) is 5.52 Å². The predicted molar refractivity (Wildman–Crippen MR) is 74.3 cm³/mol. The molecule has 1 aromatic carbocycles. The molecule has 3 heterocycles. The molecule has 5 heteroatoms. The molecule has 0 aliphatic heterocycles. The van der Waals surface area contributed by atoms with Crippen LogP contribution in [0.2, 0.25) is 0 Å². The first-order chi connectivity index (χ1) is 8.92. The standard InChI is InChI=1S/C13H8N3S2/c1-2-4-11-10(3-1)16(8-18-11)12-6-5-9-13(15-12)17-7-14-9/h1-8H/q+1. The van der Waals surface area contributed by atoms with Crippen molar-refractivity contribution < 1.29 is 4.57 Å². The van der Waals surface area contributed by atoms with E-state index < -0.39 is 0 Å². The Morgan fingerprint density at radius 1 is 1.00 bits per heavy atom. The van der Waals surface area contributed by atoms with E-state index in [1.54, 1.807) is 22.7 Å². The summed E-state index contributed by atoms with van der Waals surface area (Å²) >= 11 is 3.30. The van der Waals surface area contributed by atoms with E-state index in [2.05, 4.69) is 44.3 Å². The molecule has 0 atom stereocenters. The minimum absolute atomic E-state index is 0.948. The van der Waals surface area contributed by atoms with E-state index in [4.69, 9.17) is 0 Å². The van der Waals surface area contributed by atoms with Gasteiger partial charge in [0.25, 0.3) is 4.83 Å². The van der Waals surface area contributed by atoms with Gasteiger partial charge in [-0.25, -0.2) is 4.98 Å². The van der Waals surface area contributed by atoms with Gasteiger partial charge in [0.2, 0.25) is 0 Å². The number of pyridine rings is 1. The van der Waals surface area contributed by atoms with Crippen LogP contribution in [0.15, 0.2) is 47.4 Å². The average molecular weight is 270 g/mol. The van der Waals surface area contributed by atoms with E-state index in [1.807, 2.05) is 17.6 Å². The Kier molecular flexibility index (Phi) is 2.15. The summed E-state index contributed by atoms with van der Waals surface area (Å²) < 4.78 is 3.39. The summed E-state index contributed by atoms with van der Waals surface area (Å²) in [6.07, 6.45) is 0. The summed E-state index contributed by atoms with van der Waals surface area (Å²) in [4.78, 5) is 9.89. The van der Waals surface area contributed by atoms with Gasteiger partial charge in [-0.05, 0) is 23.2 Å². The maximum Gasteiger partial charge on any atom is 0.330 e. The van der Waals surface area contributed by atoms with Crippen LogP contribution in [0.25, 0.3) is 26.4 Å². The molecule has 0 saturated heterocycles. The van der Waals surface area contributed by atoms with Crippen molar-refractivity contribution in [3.8, 4) is 5.82 Å². The van der Waals surface area contributed by atoms with Crippen LogP contribution in [-0.4, -0.2) is 9.97 Å². The molecule has 0 amide bonds. The van der Waals surface area contributed by atoms with Crippen LogP contribution < -0.4 is 4.57 Å². The molecule has 3 nitrogen and oxygen atoms in total. The third-order valence-electron chi connectivity index (χ3n) is 2.84. The maximum atomic E-state index is 4.65. The molecule has 0 N–H and O–H groups in total. The summed E-state index contributed by atoms with van der Waals surface area (Å²) in [6, 6.07) is 12.4. The topological polar surface area (TPSA) is 29.7 Å². The largest absolute Gasteiger partial charge is 0.330 e. The van der Waals surface area contributed by atoms with Crippen molar-refractivity contribution in [3.05, 3.63) is 47.4 Å². The van der Waals surface area contributed by atoms with Crippen molar-refractivity contribution in [2.45, 2.75) is 0 Å². The van der Waals surface area contributed by atoms with Crippen molar-refractivity contribution in [2.75, 3.05) is 0 Å². The minimum atomic E-state index is 0.948. The SMILES string of the molecule is c1ccc2c(c1)sc[n+]2-c1ccc2ncsc2n1. The van der Waals surface area contributed by atoms with E-state index in [0.29, 0.717) is 0 Å². The molecule has 0 spiro atoms. The number of hydrogen-bond acceptors (Lipinski definition) is 4. The average Bonchev–Trinajstić information content (AvgIpc) is 3.04. The molecular weight excluding hydrogens is 262 g/mol. The summed E-state index contributed by atoms with van der Waals surface area (Å²) in [5.74, 6) is 0.948. The van der Waals surface area contributed by atoms with Gasteiger partial charge in [-0.3, -0.25) is 0 Å². The van der Waals surface area contributed by atoms with Crippen LogP contribution in [0.1, 0.15) is 0 Å². The summed E-state index contributed by atoms with van der Waals surface area (Å²) in [5, 5.41) is 0. The highest BCUT2D eigenvalue weighted by Crippen LogP contribution is 2.19. The van der Waals surface area contributed by atoms with Gasteiger partial charge in [-0.15, -0.1) is 0 Å². The Labute approximate surface area is 111 Å². The van der Waals surface area contributed by atoms with Crippen LogP contribution in [0.3, 0.4) is 0 Å². The zero-order chi connectivity index (χ0) is 11.9. The molecule has 0 fully saturated rings. The number of fused-ring (bicyclic) bond motifs is 2. The molecular formula is C13H8N3S2+. The molecule has 0 aliphatic rings. The fraction of sp³-hybridized carbons (Fsp3) is 0. The number of aromatic nitrogens is 3. The van der Waals surface area contributed by atoms with E-state index >= 15 is 0 Å². The first-order valence-electron chi connectivity index (χ1n) is 5.50. The minimum Gasteiger partial charge on any atom is -0.240 e. The number of thiazole rings is 2. The van der Waals surface area contributed by atoms with Gasteiger partial charge < -0.3 is 0 Å². The van der Waals surface area contributed by atoms with Crippen molar-refractivity contribution in [1.82, 2.24) is 9.97 Å². The Balaban J connectivity index is 2.00. The second-order valence-electron chi connectivity index (χ2n) is 3.91. The number of hydrogen-bond donors (Lipinski definition) is 0. The summed E-state index contributed by atoms with van der Waals surface area (Å²) in [5.41, 5.74) is 6.08. The Bertz CT molecular complexity index is 847. The number of benzene rings is 1. The van der Waals surface area contributed by atoms with Crippen molar-refractivity contribution in [3.63, 3.8) is 0 Å². The second-order valence-corrected chi connectivity index (χ2v) is 5.63. The lowest BCUT2D eigenvalue weighted by Gasteiger charge is -1.92. The molecule has 0 saturated carbocycles. The third kappa shape index (κ3) is 1.45. The molecule has 18 heavy (non-hydrogen) atoms. The Morgan fingerprint density at radius 3 is 2.94 bits per heavy atom. The highest BCUT2D eigenvalue weighted by molar-refractivity contribution is 7.16. The van der Waals surface area contributed by atoms with Crippen LogP contribution in [0.5, 0.6) is 0 Å². The molecule has 86 valence electrons. The predicted octanol–water partition coefficient (Wildman–Crippen LogP) is 3.18. The summed E-state index contributed by atoms with van der Waals surface area (Å²) in [7, 11) is 0. The number of nitrogens with zero attached hydrogens (tertiary/aromatic N) is 3. The zero-order valence-electron chi connectivity index (χ0n) is 9.28. The fourth-order valence-corrected chi connectivity index (χ4v) is 3.51. The van der Waals surface area contributed by atoms with Gasteiger partial charge in [0.05, 0.1) is 10.2 Å². The summed E-state index contributed by atoms with van der Waals surface area (Å²) in [6.45, 7) is 0. The zero-order valence-corrected chi connectivity index (χ0v) is 10.9. The van der Waals surface area contributed by atoms with Crippen molar-refractivity contribution >= 4 is 43.2 Å². The quantitative estimate of drug-likeness (QED) is 0.497. The van der Waals surface area contributed by atoms with Crippen molar-refractivity contribution in [2.24, 2.45) is 0 Å². The van der Waals surface area contributed by atoms with E-state index in [1.165, 1.54) is 10.2 Å². The smallest absolute Gasteiger partial charge is 0.240 e. The van der Waals surface area contributed by atoms with E-state index in [9.17, 15) is 0 Å². The van der Waals surface area contributed by atoms with Gasteiger partial charge >= 0.3 is 5.82 Å². The first-order valence-corrected chi connectivity index (χ1v) is 7.26. The third-order valence-corrected chi connectivity index (χ3v) is 4.49. The lowest BCUT2D eigenvalue weighted by atomic mass is 10.3. The number of rotatable bonds is 1. The normalized spacial score (nSPS) is 11.3. The fourth-order valence-electron chi connectivity index (χ4n) is 1.98. The Morgan fingerprint density at radius 2 is 1.94 bits per heavy atom. The second kappa shape index (κ2) is 3.83. The molecule has 4 aromatic rings.